The molecule has 1 aliphatic rings. The van der Waals surface area contributed by atoms with Gasteiger partial charge in [-0.25, -0.2) is 9.78 Å². The number of esters is 2. The number of nitrogens with zero attached hydrogens (tertiary/aromatic N) is 1. The van der Waals surface area contributed by atoms with Gasteiger partial charge in [0.25, 0.3) is 5.91 Å². The molecule has 3 rings (SSSR count). The van der Waals surface area contributed by atoms with E-state index < -0.39 is 23.9 Å². The highest BCUT2D eigenvalue weighted by Crippen LogP contribution is 2.30. The predicted molar refractivity (Wildman–Crippen MR) is 128 cm³/mol. The Balaban J connectivity index is 1.71. The molecule has 0 saturated carbocycles. The summed E-state index contributed by atoms with van der Waals surface area (Å²) in [5.74, 6) is -0.727. The number of ether oxygens (including phenoxy) is 4. The number of benzene rings is 1. The molecule has 1 aliphatic heterocycles. The molecule has 1 aromatic heterocycles. The quantitative estimate of drug-likeness (QED) is 0.595. The second-order valence-corrected chi connectivity index (χ2v) is 8.55. The number of cyclic esters (lactones) is 1. The van der Waals surface area contributed by atoms with E-state index in [1.54, 1.807) is 7.11 Å². The molecule has 1 aromatic carbocycles. The number of carbonyl (C=O) groups is 3. The van der Waals surface area contributed by atoms with E-state index in [1.807, 2.05) is 31.2 Å². The predicted octanol–water partition coefficient (Wildman–Crippen LogP) is 3.49. The maximum atomic E-state index is 13.0. The summed E-state index contributed by atoms with van der Waals surface area (Å²) in [6.45, 7) is 3.10. The second-order valence-electron chi connectivity index (χ2n) is 8.55. The minimum absolute atomic E-state index is 0.0932. The van der Waals surface area contributed by atoms with Crippen molar-refractivity contribution < 1.29 is 33.3 Å². The molecule has 1 amide bonds. The van der Waals surface area contributed by atoms with E-state index in [2.05, 4.69) is 10.3 Å². The van der Waals surface area contributed by atoms with Crippen molar-refractivity contribution in [2.24, 2.45) is 5.92 Å². The van der Waals surface area contributed by atoms with E-state index in [1.165, 1.54) is 26.3 Å². The maximum Gasteiger partial charge on any atom is 0.328 e. The second kappa shape index (κ2) is 12.2. The van der Waals surface area contributed by atoms with Gasteiger partial charge in [0.2, 0.25) is 5.75 Å². The number of pyridine rings is 1. The largest absolute Gasteiger partial charge is 0.497 e. The number of hydrogen-bond donors (Lipinski definition) is 1. The summed E-state index contributed by atoms with van der Waals surface area (Å²) in [6.07, 6.45) is 4.78. The standard InChI is InChI=1S/C26H32N2O7/c1-16-19(15-18-9-11-20(32-3)12-10-18)7-5-6-8-21(26(31)34-16)28-25(30)23-24(35-17(2)29)22(33-4)13-14-27-23/h9-14,16,19,21H,5-8,15H2,1-4H3,(H,28,30)/t16-,19-,21-/m0/s1. The summed E-state index contributed by atoms with van der Waals surface area (Å²) in [6, 6.07) is 8.51. The van der Waals surface area contributed by atoms with Crippen LogP contribution in [0.3, 0.4) is 0 Å². The van der Waals surface area contributed by atoms with Gasteiger partial charge in [-0.1, -0.05) is 25.0 Å². The Morgan fingerprint density at radius 1 is 1.09 bits per heavy atom. The van der Waals surface area contributed by atoms with E-state index in [-0.39, 0.29) is 29.2 Å². The Bertz CT molecular complexity index is 1040. The monoisotopic (exact) mass is 484 g/mol. The lowest BCUT2D eigenvalue weighted by molar-refractivity contribution is -0.153. The summed E-state index contributed by atoms with van der Waals surface area (Å²) < 4.78 is 21.4. The molecule has 1 fully saturated rings. The molecule has 0 bridgehead atoms. The number of nitrogens with one attached hydrogen (secondary N) is 1. The first kappa shape index (κ1) is 26.0. The topological polar surface area (TPSA) is 113 Å². The van der Waals surface area contributed by atoms with Crippen LogP contribution in [0.2, 0.25) is 0 Å². The maximum absolute atomic E-state index is 13.0. The molecule has 35 heavy (non-hydrogen) atoms. The lowest BCUT2D eigenvalue weighted by atomic mass is 9.90. The molecule has 0 aliphatic carbocycles. The summed E-state index contributed by atoms with van der Waals surface area (Å²) >= 11 is 0. The van der Waals surface area contributed by atoms with E-state index in [0.29, 0.717) is 6.42 Å². The lowest BCUT2D eigenvalue weighted by Gasteiger charge is -2.25. The van der Waals surface area contributed by atoms with Crippen LogP contribution >= 0.6 is 0 Å². The van der Waals surface area contributed by atoms with Gasteiger partial charge < -0.3 is 24.3 Å². The van der Waals surface area contributed by atoms with Crippen LogP contribution in [-0.2, 0) is 20.7 Å². The van der Waals surface area contributed by atoms with Gasteiger partial charge >= 0.3 is 11.9 Å². The van der Waals surface area contributed by atoms with Crippen molar-refractivity contribution in [3.05, 3.63) is 47.8 Å². The molecule has 1 N–H and O–H groups in total. The fourth-order valence-electron chi connectivity index (χ4n) is 4.15. The fraction of sp³-hybridized carbons (Fsp3) is 0.462. The fourth-order valence-corrected chi connectivity index (χ4v) is 4.15. The Morgan fingerprint density at radius 3 is 2.46 bits per heavy atom. The zero-order chi connectivity index (χ0) is 25.4. The molecule has 2 heterocycles. The molecule has 3 atom stereocenters. The van der Waals surface area contributed by atoms with E-state index in [9.17, 15) is 14.4 Å². The molecular weight excluding hydrogens is 452 g/mol. The van der Waals surface area contributed by atoms with Crippen LogP contribution in [0.25, 0.3) is 0 Å². The smallest absolute Gasteiger partial charge is 0.328 e. The van der Waals surface area contributed by atoms with Crippen molar-refractivity contribution in [1.29, 1.82) is 0 Å². The summed E-state index contributed by atoms with van der Waals surface area (Å²) in [7, 11) is 3.02. The third-order valence-electron chi connectivity index (χ3n) is 6.08. The van der Waals surface area contributed by atoms with Gasteiger partial charge in [0, 0.05) is 19.2 Å². The highest BCUT2D eigenvalue weighted by molar-refractivity contribution is 5.98. The summed E-state index contributed by atoms with van der Waals surface area (Å²) in [5, 5.41) is 2.71. The Kier molecular flexibility index (Phi) is 9.05. The molecule has 0 spiro atoms. The zero-order valence-electron chi connectivity index (χ0n) is 20.5. The molecule has 2 aromatic rings. The van der Waals surface area contributed by atoms with Crippen molar-refractivity contribution in [2.75, 3.05) is 14.2 Å². The minimum atomic E-state index is -0.845. The summed E-state index contributed by atoms with van der Waals surface area (Å²) in [5.41, 5.74) is 1.00. The molecule has 188 valence electrons. The molecule has 9 nitrogen and oxygen atoms in total. The third kappa shape index (κ3) is 6.94. The van der Waals surface area contributed by atoms with Crippen LogP contribution in [0.5, 0.6) is 17.2 Å². The van der Waals surface area contributed by atoms with Crippen molar-refractivity contribution in [3.63, 3.8) is 0 Å². The van der Waals surface area contributed by atoms with Gasteiger partial charge in [0.15, 0.2) is 11.4 Å². The first-order valence-electron chi connectivity index (χ1n) is 11.7. The van der Waals surface area contributed by atoms with Gasteiger partial charge in [0.1, 0.15) is 17.9 Å². The SMILES string of the molecule is COc1ccc(C[C@@H]2CCCC[C@H](NC(=O)c3nccc(OC)c3OC(C)=O)C(=O)O[C@H]2C)cc1. The molecule has 0 radical (unpaired) electrons. The zero-order valence-corrected chi connectivity index (χ0v) is 20.5. The van der Waals surface area contributed by atoms with E-state index in [4.69, 9.17) is 18.9 Å². The van der Waals surface area contributed by atoms with Crippen molar-refractivity contribution >= 4 is 17.8 Å². The van der Waals surface area contributed by atoms with Crippen molar-refractivity contribution in [1.82, 2.24) is 10.3 Å². The van der Waals surface area contributed by atoms with Crippen LogP contribution in [0.4, 0.5) is 0 Å². The van der Waals surface area contributed by atoms with Gasteiger partial charge in [-0.15, -0.1) is 0 Å². The van der Waals surface area contributed by atoms with Gasteiger partial charge in [-0.2, -0.15) is 0 Å². The molecule has 0 unspecified atom stereocenters. The number of amides is 1. The van der Waals surface area contributed by atoms with E-state index >= 15 is 0 Å². The normalized spacial score (nSPS) is 20.5. The highest BCUT2D eigenvalue weighted by Gasteiger charge is 2.31. The number of methoxy groups -OCH3 is 2. The molecular formula is C26H32N2O7. The van der Waals surface area contributed by atoms with Crippen molar-refractivity contribution in [3.8, 4) is 17.2 Å². The number of carbonyl (C=O) groups excluding carboxylic acids is 3. The number of hydrogen-bond acceptors (Lipinski definition) is 8. The highest BCUT2D eigenvalue weighted by atomic mass is 16.6. The van der Waals surface area contributed by atoms with Crippen molar-refractivity contribution in [2.45, 2.75) is 58.1 Å². The van der Waals surface area contributed by atoms with Crippen LogP contribution in [0.15, 0.2) is 36.5 Å². The third-order valence-corrected chi connectivity index (χ3v) is 6.08. The van der Waals surface area contributed by atoms with Gasteiger partial charge in [-0.3, -0.25) is 9.59 Å². The molecule has 1 saturated heterocycles. The first-order chi connectivity index (χ1) is 16.8. The van der Waals surface area contributed by atoms with Gasteiger partial charge in [-0.05, 0) is 49.8 Å². The minimum Gasteiger partial charge on any atom is -0.497 e. The van der Waals surface area contributed by atoms with Crippen LogP contribution in [0.1, 0.15) is 55.6 Å². The first-order valence-corrected chi connectivity index (χ1v) is 11.7. The number of aromatic nitrogens is 1. The molecule has 9 heteroatoms. The van der Waals surface area contributed by atoms with Gasteiger partial charge in [0.05, 0.1) is 14.2 Å². The average Bonchev–Trinajstić information content (AvgIpc) is 2.90. The average molecular weight is 485 g/mol. The van der Waals surface area contributed by atoms with Crippen LogP contribution < -0.4 is 19.5 Å². The lowest BCUT2D eigenvalue weighted by Crippen LogP contribution is -2.43. The Morgan fingerprint density at radius 2 is 1.80 bits per heavy atom. The summed E-state index contributed by atoms with van der Waals surface area (Å²) in [4.78, 5) is 41.6. The van der Waals surface area contributed by atoms with Crippen LogP contribution in [0, 0.1) is 5.92 Å². The Hall–Kier alpha value is -3.62. The van der Waals surface area contributed by atoms with Crippen LogP contribution in [-0.4, -0.2) is 49.2 Å². The number of rotatable bonds is 7. The van der Waals surface area contributed by atoms with E-state index in [0.717, 1.165) is 37.0 Å². The Labute approximate surface area is 205 Å².